The highest BCUT2D eigenvalue weighted by molar-refractivity contribution is 5.84. The van der Waals surface area contributed by atoms with E-state index in [4.69, 9.17) is 4.74 Å². The lowest BCUT2D eigenvalue weighted by molar-refractivity contribution is -0.384. The smallest absolute Gasteiger partial charge is 0.271 e. The van der Waals surface area contributed by atoms with Gasteiger partial charge in [0.15, 0.2) is 6.23 Å². The van der Waals surface area contributed by atoms with Crippen molar-refractivity contribution < 1.29 is 9.66 Å². The SMILES string of the molecule is CC.CCOC(CC)n1nc(C)c2ccc([N+](=O)[O-])cc21. The Balaban J connectivity index is 0.00000106. The van der Waals surface area contributed by atoms with Crippen LogP contribution in [0.3, 0.4) is 0 Å². The van der Waals surface area contributed by atoms with Gasteiger partial charge in [-0.2, -0.15) is 5.10 Å². The van der Waals surface area contributed by atoms with Crippen molar-refractivity contribution in [3.8, 4) is 0 Å². The maximum Gasteiger partial charge on any atom is 0.271 e. The molecule has 1 unspecified atom stereocenters. The fraction of sp³-hybridized carbons (Fsp3) is 0.533. The Kier molecular flexibility index (Phi) is 6.30. The van der Waals surface area contributed by atoms with Crippen molar-refractivity contribution in [1.29, 1.82) is 0 Å². The molecule has 0 saturated carbocycles. The summed E-state index contributed by atoms with van der Waals surface area (Å²) in [5.41, 5.74) is 1.66. The van der Waals surface area contributed by atoms with E-state index in [1.165, 1.54) is 6.07 Å². The second-order valence-corrected chi connectivity index (χ2v) is 4.31. The number of ether oxygens (including phenoxy) is 1. The van der Waals surface area contributed by atoms with E-state index in [1.807, 2.05) is 34.6 Å². The molecule has 1 aromatic carbocycles. The molecule has 21 heavy (non-hydrogen) atoms. The standard InChI is InChI=1S/C13H17N3O3.C2H6/c1-4-13(19-5-2)15-12-8-10(16(17)18)6-7-11(12)9(3)14-15;1-2/h6-8,13H,4-5H2,1-3H3;1-2H3. The number of aromatic nitrogens is 2. The fourth-order valence-electron chi connectivity index (χ4n) is 2.17. The molecule has 0 N–H and O–H groups in total. The molecule has 0 aliphatic carbocycles. The molecule has 1 heterocycles. The van der Waals surface area contributed by atoms with Gasteiger partial charge in [0.2, 0.25) is 0 Å². The molecule has 0 aliphatic rings. The average molecular weight is 293 g/mol. The van der Waals surface area contributed by atoms with E-state index in [-0.39, 0.29) is 11.9 Å². The van der Waals surface area contributed by atoms with Gasteiger partial charge in [-0.1, -0.05) is 20.8 Å². The zero-order chi connectivity index (χ0) is 16.0. The second-order valence-electron chi connectivity index (χ2n) is 4.31. The van der Waals surface area contributed by atoms with Crippen molar-refractivity contribution in [2.75, 3.05) is 6.61 Å². The minimum absolute atomic E-state index is 0.0694. The fourth-order valence-corrected chi connectivity index (χ4v) is 2.17. The highest BCUT2D eigenvalue weighted by Crippen LogP contribution is 2.27. The third-order valence-electron chi connectivity index (χ3n) is 3.07. The van der Waals surface area contributed by atoms with E-state index in [9.17, 15) is 10.1 Å². The van der Waals surface area contributed by atoms with Crippen molar-refractivity contribution in [3.05, 3.63) is 34.0 Å². The summed E-state index contributed by atoms with van der Waals surface area (Å²) < 4.78 is 7.37. The Morgan fingerprint density at radius 2 is 2.05 bits per heavy atom. The number of rotatable bonds is 5. The van der Waals surface area contributed by atoms with Crippen LogP contribution in [0.2, 0.25) is 0 Å². The van der Waals surface area contributed by atoms with Crippen molar-refractivity contribution in [2.24, 2.45) is 0 Å². The predicted molar refractivity (Wildman–Crippen MR) is 83.4 cm³/mol. The highest BCUT2D eigenvalue weighted by atomic mass is 16.6. The van der Waals surface area contributed by atoms with Gasteiger partial charge in [0.05, 0.1) is 16.1 Å². The van der Waals surface area contributed by atoms with Crippen LogP contribution in [0, 0.1) is 17.0 Å². The molecular formula is C15H23N3O3. The lowest BCUT2D eigenvalue weighted by atomic mass is 10.2. The van der Waals surface area contributed by atoms with Crippen LogP contribution in [0.25, 0.3) is 10.9 Å². The first-order valence-electron chi connectivity index (χ1n) is 7.33. The molecule has 0 saturated heterocycles. The van der Waals surface area contributed by atoms with E-state index in [0.29, 0.717) is 6.61 Å². The maximum absolute atomic E-state index is 10.9. The van der Waals surface area contributed by atoms with E-state index in [0.717, 1.165) is 23.0 Å². The van der Waals surface area contributed by atoms with Crippen LogP contribution in [0.15, 0.2) is 18.2 Å². The van der Waals surface area contributed by atoms with Gasteiger partial charge in [0.1, 0.15) is 0 Å². The monoisotopic (exact) mass is 293 g/mol. The summed E-state index contributed by atoms with van der Waals surface area (Å²) in [6, 6.07) is 4.80. The van der Waals surface area contributed by atoms with Gasteiger partial charge in [0.25, 0.3) is 5.69 Å². The van der Waals surface area contributed by atoms with Crippen molar-refractivity contribution in [3.63, 3.8) is 0 Å². The van der Waals surface area contributed by atoms with Crippen molar-refractivity contribution in [1.82, 2.24) is 9.78 Å². The molecule has 0 amide bonds. The van der Waals surface area contributed by atoms with Crippen LogP contribution in [0.1, 0.15) is 46.0 Å². The Morgan fingerprint density at radius 3 is 2.57 bits per heavy atom. The molecule has 2 aromatic rings. The number of aryl methyl sites for hydroxylation is 1. The van der Waals surface area contributed by atoms with Gasteiger partial charge >= 0.3 is 0 Å². The molecule has 1 aromatic heterocycles. The van der Waals surface area contributed by atoms with Gasteiger partial charge in [-0.25, -0.2) is 4.68 Å². The first-order chi connectivity index (χ1) is 10.1. The maximum atomic E-state index is 10.9. The topological polar surface area (TPSA) is 70.2 Å². The molecule has 6 heteroatoms. The molecule has 0 aliphatic heterocycles. The van der Waals surface area contributed by atoms with Gasteiger partial charge in [-0.3, -0.25) is 10.1 Å². The summed E-state index contributed by atoms with van der Waals surface area (Å²) in [6.07, 6.45) is 0.565. The Bertz CT molecular complexity index is 607. The third kappa shape index (κ3) is 3.58. The number of hydrogen-bond donors (Lipinski definition) is 0. The van der Waals surface area contributed by atoms with Crippen LogP contribution >= 0.6 is 0 Å². The largest absolute Gasteiger partial charge is 0.357 e. The normalized spacial score (nSPS) is 11.9. The lowest BCUT2D eigenvalue weighted by Crippen LogP contribution is -2.13. The number of nitro benzene ring substituents is 1. The molecule has 0 spiro atoms. The molecule has 0 radical (unpaired) electrons. The Labute approximate surface area is 124 Å². The molecule has 2 rings (SSSR count). The van der Waals surface area contributed by atoms with Gasteiger partial charge in [-0.05, 0) is 26.3 Å². The van der Waals surface area contributed by atoms with E-state index in [2.05, 4.69) is 5.10 Å². The number of hydrogen-bond acceptors (Lipinski definition) is 4. The first kappa shape index (κ1) is 17.1. The molecule has 1 atom stereocenters. The molecule has 0 fully saturated rings. The van der Waals surface area contributed by atoms with Crippen LogP contribution < -0.4 is 0 Å². The molecule has 116 valence electrons. The van der Waals surface area contributed by atoms with Crippen molar-refractivity contribution in [2.45, 2.75) is 47.3 Å². The minimum Gasteiger partial charge on any atom is -0.357 e. The first-order valence-corrected chi connectivity index (χ1v) is 7.33. The quantitative estimate of drug-likeness (QED) is 0.611. The number of nitro groups is 1. The zero-order valence-electron chi connectivity index (χ0n) is 13.3. The number of nitrogens with zero attached hydrogens (tertiary/aromatic N) is 3. The van der Waals surface area contributed by atoms with Gasteiger partial charge in [-0.15, -0.1) is 0 Å². The van der Waals surface area contributed by atoms with E-state index in [1.54, 1.807) is 16.8 Å². The van der Waals surface area contributed by atoms with Crippen LogP contribution in [0.5, 0.6) is 0 Å². The highest BCUT2D eigenvalue weighted by Gasteiger charge is 2.17. The van der Waals surface area contributed by atoms with Gasteiger partial charge in [0, 0.05) is 24.1 Å². The molecule has 6 nitrogen and oxygen atoms in total. The van der Waals surface area contributed by atoms with Crippen LogP contribution in [-0.2, 0) is 4.74 Å². The Morgan fingerprint density at radius 1 is 1.38 bits per heavy atom. The zero-order valence-corrected chi connectivity index (χ0v) is 13.3. The number of non-ortho nitro benzene ring substituents is 1. The number of fused-ring (bicyclic) bond motifs is 1. The number of benzene rings is 1. The predicted octanol–water partition coefficient (Wildman–Crippen LogP) is 4.22. The average Bonchev–Trinajstić information content (AvgIpc) is 2.83. The lowest BCUT2D eigenvalue weighted by Gasteiger charge is -2.16. The third-order valence-corrected chi connectivity index (χ3v) is 3.07. The summed E-state index contributed by atoms with van der Waals surface area (Å²) in [5, 5.41) is 16.2. The summed E-state index contributed by atoms with van der Waals surface area (Å²) in [6.45, 7) is 10.4. The van der Waals surface area contributed by atoms with Crippen LogP contribution in [0.4, 0.5) is 5.69 Å². The minimum atomic E-state index is -0.395. The second kappa shape index (κ2) is 7.73. The van der Waals surface area contributed by atoms with Crippen molar-refractivity contribution >= 4 is 16.6 Å². The van der Waals surface area contributed by atoms with Gasteiger partial charge < -0.3 is 4.74 Å². The molecule has 0 bridgehead atoms. The Hall–Kier alpha value is -1.95. The summed E-state index contributed by atoms with van der Waals surface area (Å²) >= 11 is 0. The van der Waals surface area contributed by atoms with Crippen LogP contribution in [-0.4, -0.2) is 21.3 Å². The van der Waals surface area contributed by atoms with E-state index >= 15 is 0 Å². The summed E-state index contributed by atoms with van der Waals surface area (Å²) in [4.78, 5) is 10.5. The molecular weight excluding hydrogens is 270 g/mol. The van der Waals surface area contributed by atoms with E-state index < -0.39 is 4.92 Å². The summed E-state index contributed by atoms with van der Waals surface area (Å²) in [7, 11) is 0. The summed E-state index contributed by atoms with van der Waals surface area (Å²) in [5.74, 6) is 0.